The van der Waals surface area contributed by atoms with Gasteiger partial charge < -0.3 is 9.30 Å². The van der Waals surface area contributed by atoms with Crippen molar-refractivity contribution in [3.8, 4) is 0 Å². The van der Waals surface area contributed by atoms with Crippen LogP contribution in [0.5, 0.6) is 0 Å². The lowest BCUT2D eigenvalue weighted by Crippen LogP contribution is -2.23. The number of carbonyl (C=O) groups is 1. The van der Waals surface area contributed by atoms with E-state index in [1.54, 1.807) is 0 Å². The number of alkyl halides is 4. The molecule has 1 saturated carbocycles. The van der Waals surface area contributed by atoms with E-state index in [4.69, 9.17) is 39.5 Å². The van der Waals surface area contributed by atoms with Crippen molar-refractivity contribution in [3.05, 3.63) is 58.9 Å². The van der Waals surface area contributed by atoms with Crippen LogP contribution in [-0.2, 0) is 22.7 Å². The van der Waals surface area contributed by atoms with Crippen molar-refractivity contribution in [1.29, 1.82) is 0 Å². The van der Waals surface area contributed by atoms with Gasteiger partial charge in [-0.2, -0.15) is 0 Å². The summed E-state index contributed by atoms with van der Waals surface area (Å²) in [6.45, 7) is 4.20. The molecule has 1 fully saturated rings. The number of hydrogen-bond donors (Lipinski definition) is 0. The molecule has 8 heteroatoms. The van der Waals surface area contributed by atoms with Gasteiger partial charge in [-0.15, -0.1) is 0 Å². The molecular formula is C20H20Br2Cl3NO2. The maximum absolute atomic E-state index is 12.6. The SMILES string of the molecule is CC1(C)C(C(=O)OCn2ccc(Cc3cccc(Cl)c3)c2)C1C(Br)C(Cl)(Cl)Br. The fourth-order valence-corrected chi connectivity index (χ4v) is 5.42. The molecule has 1 aliphatic rings. The van der Waals surface area contributed by atoms with Gasteiger partial charge in [0.1, 0.15) is 0 Å². The number of esters is 1. The highest BCUT2D eigenvalue weighted by atomic mass is 79.9. The monoisotopic (exact) mass is 569 g/mol. The van der Waals surface area contributed by atoms with E-state index < -0.39 is 3.24 Å². The average Bonchev–Trinajstić information content (AvgIpc) is 2.92. The Hall–Kier alpha value is -0.200. The summed E-state index contributed by atoms with van der Waals surface area (Å²) in [5.41, 5.74) is 2.02. The highest BCUT2D eigenvalue weighted by molar-refractivity contribution is 9.13. The second-order valence-corrected chi connectivity index (χ2v) is 12.7. The zero-order valence-corrected chi connectivity index (χ0v) is 20.8. The van der Waals surface area contributed by atoms with Gasteiger partial charge in [0.05, 0.1) is 10.7 Å². The zero-order chi connectivity index (χ0) is 20.7. The van der Waals surface area contributed by atoms with Gasteiger partial charge in [-0.25, -0.2) is 0 Å². The van der Waals surface area contributed by atoms with E-state index in [1.165, 1.54) is 0 Å². The standard InChI is InChI=1S/C20H20Br2Cl3NO2/c1-19(2)15(17(21)20(22,24)25)16(19)18(27)28-11-26-7-6-13(10-26)8-12-4-3-5-14(23)9-12/h3-7,9-10,15-17H,8,11H2,1-2H3. The Morgan fingerprint density at radius 1 is 1.32 bits per heavy atom. The molecule has 0 spiro atoms. The van der Waals surface area contributed by atoms with Crippen LogP contribution in [0.4, 0.5) is 0 Å². The van der Waals surface area contributed by atoms with Crippen molar-refractivity contribution in [3.63, 3.8) is 0 Å². The fraction of sp³-hybridized carbons (Fsp3) is 0.450. The lowest BCUT2D eigenvalue weighted by molar-refractivity contribution is -0.150. The predicted molar refractivity (Wildman–Crippen MR) is 122 cm³/mol. The first-order valence-corrected chi connectivity index (χ1v) is 11.6. The molecule has 0 bridgehead atoms. The van der Waals surface area contributed by atoms with Crippen molar-refractivity contribution in [2.45, 2.75) is 35.1 Å². The van der Waals surface area contributed by atoms with Gasteiger partial charge >= 0.3 is 5.97 Å². The molecule has 3 nitrogen and oxygen atoms in total. The molecule has 1 heterocycles. The van der Waals surface area contributed by atoms with Crippen LogP contribution in [0.2, 0.25) is 5.02 Å². The van der Waals surface area contributed by atoms with Crippen molar-refractivity contribution >= 4 is 72.6 Å². The Bertz CT molecular complexity index is 863. The average molecular weight is 573 g/mol. The molecule has 2 aromatic rings. The number of halogens is 5. The summed E-state index contributed by atoms with van der Waals surface area (Å²) in [6.07, 6.45) is 4.64. The van der Waals surface area contributed by atoms with E-state index >= 15 is 0 Å². The number of benzene rings is 1. The summed E-state index contributed by atoms with van der Waals surface area (Å²) >= 11 is 25.1. The maximum atomic E-state index is 12.6. The third-order valence-electron chi connectivity index (χ3n) is 5.26. The molecule has 1 aliphatic carbocycles. The Balaban J connectivity index is 1.56. The molecule has 0 aliphatic heterocycles. The van der Waals surface area contributed by atoms with Gasteiger partial charge in [0.25, 0.3) is 0 Å². The minimum absolute atomic E-state index is 0.0163. The molecule has 3 unspecified atom stereocenters. The molecular weight excluding hydrogens is 552 g/mol. The van der Waals surface area contributed by atoms with Crippen LogP contribution in [0, 0.1) is 17.3 Å². The molecule has 0 N–H and O–H groups in total. The second kappa shape index (κ2) is 8.50. The number of nitrogens with zero attached hydrogens (tertiary/aromatic N) is 1. The molecule has 0 saturated heterocycles. The third-order valence-corrected chi connectivity index (χ3v) is 8.85. The van der Waals surface area contributed by atoms with E-state index in [9.17, 15) is 4.79 Å². The van der Waals surface area contributed by atoms with Gasteiger partial charge in [-0.3, -0.25) is 4.79 Å². The number of rotatable bonds is 7. The zero-order valence-electron chi connectivity index (χ0n) is 15.3. The lowest BCUT2D eigenvalue weighted by atomic mass is 10.1. The largest absolute Gasteiger partial charge is 0.444 e. The van der Waals surface area contributed by atoms with Gasteiger partial charge in [0, 0.05) is 17.4 Å². The highest BCUT2D eigenvalue weighted by Crippen LogP contribution is 2.65. The smallest absolute Gasteiger partial charge is 0.311 e. The maximum Gasteiger partial charge on any atom is 0.311 e. The molecule has 0 radical (unpaired) electrons. The van der Waals surface area contributed by atoms with E-state index in [2.05, 4.69) is 31.9 Å². The van der Waals surface area contributed by atoms with E-state index in [1.807, 2.05) is 61.1 Å². The summed E-state index contributed by atoms with van der Waals surface area (Å²) in [4.78, 5) is 12.3. The number of ether oxygens (including phenoxy) is 1. The van der Waals surface area contributed by atoms with E-state index in [0.29, 0.717) is 0 Å². The summed E-state index contributed by atoms with van der Waals surface area (Å²) in [7, 11) is 0. The summed E-state index contributed by atoms with van der Waals surface area (Å²) in [5.74, 6) is -0.514. The van der Waals surface area contributed by atoms with Crippen LogP contribution >= 0.6 is 66.7 Å². The highest BCUT2D eigenvalue weighted by Gasteiger charge is 2.67. The van der Waals surface area contributed by atoms with Gasteiger partial charge in [-0.1, -0.05) is 76.7 Å². The third kappa shape index (κ3) is 5.10. The Morgan fingerprint density at radius 2 is 2.04 bits per heavy atom. The normalized spacial score (nSPS) is 22.0. The summed E-state index contributed by atoms with van der Waals surface area (Å²) < 4.78 is 6.26. The molecule has 152 valence electrons. The van der Waals surface area contributed by atoms with Crippen molar-refractivity contribution in [1.82, 2.24) is 4.57 Å². The number of carbonyl (C=O) groups excluding carboxylic acids is 1. The van der Waals surface area contributed by atoms with Crippen LogP contribution in [0.1, 0.15) is 25.0 Å². The molecule has 1 aromatic heterocycles. The van der Waals surface area contributed by atoms with E-state index in [-0.39, 0.29) is 34.8 Å². The van der Waals surface area contributed by atoms with Crippen LogP contribution in [-0.4, -0.2) is 18.6 Å². The first kappa shape index (κ1) is 22.5. The van der Waals surface area contributed by atoms with Gasteiger partial charge in [0.15, 0.2) is 9.97 Å². The fourth-order valence-electron chi connectivity index (χ4n) is 3.66. The van der Waals surface area contributed by atoms with Crippen LogP contribution < -0.4 is 0 Å². The molecule has 3 rings (SSSR count). The Morgan fingerprint density at radius 3 is 2.68 bits per heavy atom. The number of aromatic nitrogens is 1. The van der Waals surface area contributed by atoms with Crippen LogP contribution in [0.25, 0.3) is 0 Å². The first-order chi connectivity index (χ1) is 13.0. The topological polar surface area (TPSA) is 31.2 Å². The minimum atomic E-state index is -1.14. The van der Waals surface area contributed by atoms with Crippen molar-refractivity contribution in [2.24, 2.45) is 17.3 Å². The lowest BCUT2D eigenvalue weighted by Gasteiger charge is -2.20. The second-order valence-electron chi connectivity index (χ2n) is 7.70. The first-order valence-electron chi connectivity index (χ1n) is 8.76. The minimum Gasteiger partial charge on any atom is -0.444 e. The molecule has 3 atom stereocenters. The Kier molecular flexibility index (Phi) is 6.83. The quantitative estimate of drug-likeness (QED) is 0.270. The summed E-state index contributed by atoms with van der Waals surface area (Å²) in [5, 5.41) is 0.721. The molecule has 1 aromatic carbocycles. The summed E-state index contributed by atoms with van der Waals surface area (Å²) in [6, 6.07) is 9.78. The molecule has 0 amide bonds. The predicted octanol–water partition coefficient (Wildman–Crippen LogP) is 6.80. The molecule has 28 heavy (non-hydrogen) atoms. The van der Waals surface area contributed by atoms with Crippen molar-refractivity contribution in [2.75, 3.05) is 0 Å². The van der Waals surface area contributed by atoms with Gasteiger partial charge in [0.2, 0.25) is 0 Å². The van der Waals surface area contributed by atoms with Crippen LogP contribution in [0.3, 0.4) is 0 Å². The van der Waals surface area contributed by atoms with Gasteiger partial charge in [-0.05, 0) is 63.0 Å². The number of hydrogen-bond acceptors (Lipinski definition) is 2. The van der Waals surface area contributed by atoms with Crippen LogP contribution in [0.15, 0.2) is 42.7 Å². The van der Waals surface area contributed by atoms with E-state index in [0.717, 1.165) is 22.6 Å². The Labute approximate surface area is 196 Å². The van der Waals surface area contributed by atoms with Crippen molar-refractivity contribution < 1.29 is 9.53 Å².